The van der Waals surface area contributed by atoms with Gasteiger partial charge in [-0.25, -0.2) is 4.79 Å². The lowest BCUT2D eigenvalue weighted by molar-refractivity contribution is 0.180. The molecule has 0 radical (unpaired) electrons. The van der Waals surface area contributed by atoms with Crippen molar-refractivity contribution >= 4 is 12.0 Å². The number of nitrogens with one attached hydrogen (secondary N) is 1. The van der Waals surface area contributed by atoms with E-state index < -0.39 is 6.09 Å². The third kappa shape index (κ3) is 3.71. The Kier molecular flexibility index (Phi) is 4.02. The SMILES string of the molecule is CNC(=O)OC(C)=NOC. The van der Waals surface area contributed by atoms with Crippen LogP contribution in [-0.2, 0) is 9.57 Å². The van der Waals surface area contributed by atoms with E-state index in [4.69, 9.17) is 0 Å². The van der Waals surface area contributed by atoms with Crippen molar-refractivity contribution in [3.05, 3.63) is 0 Å². The first kappa shape index (κ1) is 8.74. The van der Waals surface area contributed by atoms with Crippen molar-refractivity contribution in [2.45, 2.75) is 6.92 Å². The molecule has 0 saturated carbocycles. The minimum Gasteiger partial charge on any atom is -0.396 e. The summed E-state index contributed by atoms with van der Waals surface area (Å²) in [5, 5.41) is 5.60. The van der Waals surface area contributed by atoms with Gasteiger partial charge < -0.3 is 14.9 Å². The maximum absolute atomic E-state index is 10.4. The van der Waals surface area contributed by atoms with Gasteiger partial charge in [0.15, 0.2) is 0 Å². The molecule has 0 aliphatic carbocycles. The lowest BCUT2D eigenvalue weighted by Gasteiger charge is -1.99. The van der Waals surface area contributed by atoms with Crippen LogP contribution in [0.15, 0.2) is 5.16 Å². The molecule has 0 spiro atoms. The highest BCUT2D eigenvalue weighted by Gasteiger charge is 1.99. The van der Waals surface area contributed by atoms with Crippen LogP contribution in [0.5, 0.6) is 0 Å². The third-order valence-electron chi connectivity index (χ3n) is 0.664. The second-order valence-electron chi connectivity index (χ2n) is 1.43. The van der Waals surface area contributed by atoms with E-state index in [1.165, 1.54) is 21.1 Å². The van der Waals surface area contributed by atoms with Gasteiger partial charge in [-0.05, 0) is 0 Å². The molecule has 5 nitrogen and oxygen atoms in total. The van der Waals surface area contributed by atoms with E-state index in [9.17, 15) is 4.79 Å². The second kappa shape index (κ2) is 4.60. The smallest absolute Gasteiger partial charge is 0.396 e. The van der Waals surface area contributed by atoms with Crippen LogP contribution < -0.4 is 5.32 Å². The Hall–Kier alpha value is -1.26. The summed E-state index contributed by atoms with van der Waals surface area (Å²) < 4.78 is 4.51. The molecule has 0 bridgehead atoms. The predicted octanol–water partition coefficient (Wildman–Crippen LogP) is 0.322. The normalized spacial score (nSPS) is 10.5. The molecule has 10 heavy (non-hydrogen) atoms. The van der Waals surface area contributed by atoms with E-state index in [1.54, 1.807) is 0 Å². The highest BCUT2D eigenvalue weighted by molar-refractivity contribution is 5.85. The zero-order valence-electron chi connectivity index (χ0n) is 6.17. The van der Waals surface area contributed by atoms with Crippen LogP contribution in [-0.4, -0.2) is 26.1 Å². The van der Waals surface area contributed by atoms with Gasteiger partial charge in [0.2, 0.25) is 5.90 Å². The number of ether oxygens (including phenoxy) is 1. The van der Waals surface area contributed by atoms with Gasteiger partial charge in [-0.15, -0.1) is 0 Å². The Labute approximate surface area is 59.0 Å². The predicted molar refractivity (Wildman–Crippen MR) is 35.7 cm³/mol. The average molecular weight is 146 g/mol. The van der Waals surface area contributed by atoms with Gasteiger partial charge in [0.1, 0.15) is 7.11 Å². The van der Waals surface area contributed by atoms with Gasteiger partial charge in [-0.3, -0.25) is 0 Å². The fourth-order valence-corrected chi connectivity index (χ4v) is 0.332. The highest BCUT2D eigenvalue weighted by Crippen LogP contribution is 1.82. The number of hydrogen-bond donors (Lipinski definition) is 1. The number of carbonyl (C=O) groups is 1. The van der Waals surface area contributed by atoms with Crippen molar-refractivity contribution in [1.82, 2.24) is 5.32 Å². The molecule has 0 aliphatic rings. The zero-order valence-corrected chi connectivity index (χ0v) is 6.17. The van der Waals surface area contributed by atoms with Crippen LogP contribution in [0.2, 0.25) is 0 Å². The van der Waals surface area contributed by atoms with E-state index in [-0.39, 0.29) is 5.90 Å². The van der Waals surface area contributed by atoms with Gasteiger partial charge in [0.05, 0.1) is 0 Å². The van der Waals surface area contributed by atoms with Crippen molar-refractivity contribution < 1.29 is 14.4 Å². The number of nitrogens with zero attached hydrogens (tertiary/aromatic N) is 1. The van der Waals surface area contributed by atoms with Crippen molar-refractivity contribution in [3.8, 4) is 0 Å². The summed E-state index contributed by atoms with van der Waals surface area (Å²) in [6, 6.07) is 0. The summed E-state index contributed by atoms with van der Waals surface area (Å²) in [5.41, 5.74) is 0. The summed E-state index contributed by atoms with van der Waals surface area (Å²) in [4.78, 5) is 14.8. The Balaban J connectivity index is 3.67. The molecule has 0 heterocycles. The number of rotatable bonds is 1. The molecule has 0 unspecified atom stereocenters. The van der Waals surface area contributed by atoms with Gasteiger partial charge >= 0.3 is 6.09 Å². The molecule has 0 saturated heterocycles. The van der Waals surface area contributed by atoms with Crippen molar-refractivity contribution in [2.24, 2.45) is 5.16 Å². The Morgan fingerprint density at radius 3 is 2.60 bits per heavy atom. The van der Waals surface area contributed by atoms with Gasteiger partial charge in [0.25, 0.3) is 0 Å². The molecule has 1 amide bonds. The van der Waals surface area contributed by atoms with Crippen molar-refractivity contribution in [1.29, 1.82) is 0 Å². The van der Waals surface area contributed by atoms with E-state index >= 15 is 0 Å². The van der Waals surface area contributed by atoms with Crippen LogP contribution in [0, 0.1) is 0 Å². The fraction of sp³-hybridized carbons (Fsp3) is 0.600. The summed E-state index contributed by atoms with van der Waals surface area (Å²) in [5.74, 6) is 0.168. The fourth-order valence-electron chi connectivity index (χ4n) is 0.332. The lowest BCUT2D eigenvalue weighted by Crippen LogP contribution is -2.21. The first-order valence-electron chi connectivity index (χ1n) is 2.68. The van der Waals surface area contributed by atoms with Crippen LogP contribution in [0.25, 0.3) is 0 Å². The molecular formula is C5H10N2O3. The largest absolute Gasteiger partial charge is 0.413 e. The molecule has 0 fully saturated rings. The number of hydrogen-bond acceptors (Lipinski definition) is 4. The minimum atomic E-state index is -0.557. The van der Waals surface area contributed by atoms with E-state index in [0.29, 0.717) is 0 Å². The third-order valence-corrected chi connectivity index (χ3v) is 0.664. The molecule has 58 valence electrons. The van der Waals surface area contributed by atoms with Gasteiger partial charge in [-0.2, -0.15) is 0 Å². The molecular weight excluding hydrogens is 136 g/mol. The summed E-state index contributed by atoms with van der Waals surface area (Å²) in [7, 11) is 2.83. The molecule has 1 N–H and O–H groups in total. The first-order valence-corrected chi connectivity index (χ1v) is 2.68. The van der Waals surface area contributed by atoms with Crippen LogP contribution >= 0.6 is 0 Å². The Morgan fingerprint density at radius 1 is 1.60 bits per heavy atom. The van der Waals surface area contributed by atoms with Crippen LogP contribution in [0.3, 0.4) is 0 Å². The Bertz CT molecular complexity index is 144. The summed E-state index contributed by atoms with van der Waals surface area (Å²) in [6.07, 6.45) is -0.557. The number of oxime groups is 1. The monoisotopic (exact) mass is 146 g/mol. The topological polar surface area (TPSA) is 59.9 Å². The second-order valence-corrected chi connectivity index (χ2v) is 1.43. The van der Waals surface area contributed by atoms with E-state index in [2.05, 4.69) is 20.0 Å². The number of alkyl carbamates (subject to hydrolysis) is 1. The maximum Gasteiger partial charge on any atom is 0.413 e. The molecule has 0 aromatic rings. The average Bonchev–Trinajstić information content (AvgIpc) is 1.88. The molecule has 0 aliphatic heterocycles. The van der Waals surface area contributed by atoms with Gasteiger partial charge in [0, 0.05) is 14.0 Å². The molecule has 0 rings (SSSR count). The minimum absolute atomic E-state index is 0.168. The zero-order chi connectivity index (χ0) is 7.98. The Morgan fingerprint density at radius 2 is 2.20 bits per heavy atom. The van der Waals surface area contributed by atoms with Crippen LogP contribution in [0.1, 0.15) is 6.92 Å². The van der Waals surface area contributed by atoms with Crippen molar-refractivity contribution in [3.63, 3.8) is 0 Å². The maximum atomic E-state index is 10.4. The van der Waals surface area contributed by atoms with Crippen LogP contribution in [0.4, 0.5) is 4.79 Å². The van der Waals surface area contributed by atoms with E-state index in [1.807, 2.05) is 0 Å². The van der Waals surface area contributed by atoms with Crippen molar-refractivity contribution in [2.75, 3.05) is 14.2 Å². The number of carbonyl (C=O) groups excluding carboxylic acids is 1. The van der Waals surface area contributed by atoms with E-state index in [0.717, 1.165) is 0 Å². The highest BCUT2D eigenvalue weighted by atomic mass is 16.6. The first-order chi connectivity index (χ1) is 4.70. The molecule has 5 heteroatoms. The standard InChI is InChI=1S/C5H10N2O3/c1-4(7-9-3)10-5(8)6-2/h1-3H3,(H,6,8). The lowest BCUT2D eigenvalue weighted by atomic mass is 10.8. The molecule has 0 atom stereocenters. The summed E-state index contributed by atoms with van der Waals surface area (Å²) >= 11 is 0. The van der Waals surface area contributed by atoms with Gasteiger partial charge in [-0.1, -0.05) is 5.16 Å². The molecule has 0 aromatic carbocycles. The molecule has 0 aromatic heterocycles. The summed E-state index contributed by atoms with van der Waals surface area (Å²) in [6.45, 7) is 1.51. The quantitative estimate of drug-likeness (QED) is 0.329. The number of amides is 1.